The SMILES string of the molecule is CCCCCC(C)NC(=O)c1cccc([N+](=O)[O-])c1N. The number of para-hydroxylation sites is 1. The van der Waals surface area contributed by atoms with E-state index in [0.29, 0.717) is 0 Å². The van der Waals surface area contributed by atoms with Gasteiger partial charge in [0, 0.05) is 12.1 Å². The molecular formula is C14H21N3O3. The molecule has 20 heavy (non-hydrogen) atoms. The van der Waals surface area contributed by atoms with Crippen LogP contribution in [0.15, 0.2) is 18.2 Å². The molecule has 1 unspecified atom stereocenters. The van der Waals surface area contributed by atoms with Gasteiger partial charge in [-0.25, -0.2) is 0 Å². The van der Waals surface area contributed by atoms with Gasteiger partial charge in [0.15, 0.2) is 0 Å². The highest BCUT2D eigenvalue weighted by Gasteiger charge is 2.19. The van der Waals surface area contributed by atoms with Gasteiger partial charge in [-0.2, -0.15) is 0 Å². The number of carbonyl (C=O) groups excluding carboxylic acids is 1. The molecule has 0 saturated heterocycles. The number of nitrogens with two attached hydrogens (primary N) is 1. The van der Waals surface area contributed by atoms with Crippen molar-refractivity contribution in [3.8, 4) is 0 Å². The van der Waals surface area contributed by atoms with E-state index in [4.69, 9.17) is 5.73 Å². The van der Waals surface area contributed by atoms with Gasteiger partial charge in [0.25, 0.3) is 11.6 Å². The number of carbonyl (C=O) groups is 1. The van der Waals surface area contributed by atoms with Gasteiger partial charge < -0.3 is 11.1 Å². The second kappa shape index (κ2) is 7.47. The van der Waals surface area contributed by atoms with Crippen LogP contribution in [0.1, 0.15) is 49.9 Å². The Morgan fingerprint density at radius 3 is 2.75 bits per heavy atom. The zero-order valence-electron chi connectivity index (χ0n) is 11.9. The Bertz CT molecular complexity index is 489. The lowest BCUT2D eigenvalue weighted by Crippen LogP contribution is -2.33. The normalized spacial score (nSPS) is 11.9. The number of nitrogens with zero attached hydrogens (tertiary/aromatic N) is 1. The Labute approximate surface area is 118 Å². The van der Waals surface area contributed by atoms with Gasteiger partial charge in [-0.1, -0.05) is 32.3 Å². The smallest absolute Gasteiger partial charge is 0.292 e. The molecule has 6 heteroatoms. The standard InChI is InChI=1S/C14H21N3O3/c1-3-4-5-7-10(2)16-14(18)11-8-6-9-12(13(11)15)17(19)20/h6,8-10H,3-5,7,15H2,1-2H3,(H,16,18). The van der Waals surface area contributed by atoms with E-state index in [9.17, 15) is 14.9 Å². The topological polar surface area (TPSA) is 98.3 Å². The minimum Gasteiger partial charge on any atom is -0.393 e. The Morgan fingerprint density at radius 1 is 1.45 bits per heavy atom. The van der Waals surface area contributed by atoms with Gasteiger partial charge in [0.1, 0.15) is 5.69 Å². The van der Waals surface area contributed by atoms with E-state index < -0.39 is 4.92 Å². The fraction of sp³-hybridized carbons (Fsp3) is 0.500. The minimum absolute atomic E-state index is 0.0210. The van der Waals surface area contributed by atoms with Crippen molar-refractivity contribution in [1.82, 2.24) is 5.32 Å². The molecule has 1 aromatic rings. The zero-order chi connectivity index (χ0) is 15.1. The van der Waals surface area contributed by atoms with E-state index in [1.807, 2.05) is 6.92 Å². The summed E-state index contributed by atoms with van der Waals surface area (Å²) in [4.78, 5) is 22.3. The van der Waals surface area contributed by atoms with Crippen LogP contribution in [-0.4, -0.2) is 16.9 Å². The molecule has 0 saturated carbocycles. The van der Waals surface area contributed by atoms with Gasteiger partial charge in [-0.05, 0) is 19.4 Å². The molecule has 0 fully saturated rings. The van der Waals surface area contributed by atoms with Crippen molar-refractivity contribution in [2.75, 3.05) is 5.73 Å². The number of nitrogens with one attached hydrogen (secondary N) is 1. The van der Waals surface area contributed by atoms with Crippen LogP contribution in [0.5, 0.6) is 0 Å². The second-order valence-electron chi connectivity index (χ2n) is 4.87. The predicted octanol–water partition coefficient (Wildman–Crippen LogP) is 2.88. The van der Waals surface area contributed by atoms with Crippen molar-refractivity contribution in [1.29, 1.82) is 0 Å². The minimum atomic E-state index is -0.587. The summed E-state index contributed by atoms with van der Waals surface area (Å²) < 4.78 is 0. The first kappa shape index (κ1) is 15.9. The number of rotatable bonds is 7. The third-order valence-corrected chi connectivity index (χ3v) is 3.14. The van der Waals surface area contributed by atoms with Crippen molar-refractivity contribution >= 4 is 17.3 Å². The highest BCUT2D eigenvalue weighted by Crippen LogP contribution is 2.24. The number of nitro benzene ring substituents is 1. The highest BCUT2D eigenvalue weighted by molar-refractivity contribution is 6.01. The zero-order valence-corrected chi connectivity index (χ0v) is 11.9. The largest absolute Gasteiger partial charge is 0.393 e. The predicted molar refractivity (Wildman–Crippen MR) is 78.6 cm³/mol. The third-order valence-electron chi connectivity index (χ3n) is 3.14. The van der Waals surface area contributed by atoms with Crippen LogP contribution in [0.3, 0.4) is 0 Å². The lowest BCUT2D eigenvalue weighted by Gasteiger charge is -2.14. The average molecular weight is 279 g/mol. The first-order valence-corrected chi connectivity index (χ1v) is 6.81. The Kier molecular flexibility index (Phi) is 5.96. The Balaban J connectivity index is 2.73. The maximum Gasteiger partial charge on any atom is 0.292 e. The van der Waals surface area contributed by atoms with Crippen molar-refractivity contribution < 1.29 is 9.72 Å². The van der Waals surface area contributed by atoms with Gasteiger partial charge in [0.05, 0.1) is 10.5 Å². The molecule has 1 atom stereocenters. The lowest BCUT2D eigenvalue weighted by atomic mass is 10.1. The van der Waals surface area contributed by atoms with E-state index in [0.717, 1.165) is 25.7 Å². The number of benzene rings is 1. The third kappa shape index (κ3) is 4.22. The van der Waals surface area contributed by atoms with Crippen molar-refractivity contribution in [2.24, 2.45) is 0 Å². The number of unbranched alkanes of at least 4 members (excludes halogenated alkanes) is 2. The number of hydrogen-bond acceptors (Lipinski definition) is 4. The fourth-order valence-corrected chi connectivity index (χ4v) is 1.98. The number of amides is 1. The van der Waals surface area contributed by atoms with Gasteiger partial charge in [-0.15, -0.1) is 0 Å². The van der Waals surface area contributed by atoms with Crippen LogP contribution in [0.2, 0.25) is 0 Å². The van der Waals surface area contributed by atoms with Crippen molar-refractivity contribution in [3.05, 3.63) is 33.9 Å². The number of hydrogen-bond donors (Lipinski definition) is 2. The molecule has 0 bridgehead atoms. The van der Waals surface area contributed by atoms with Gasteiger partial charge in [0.2, 0.25) is 0 Å². The van der Waals surface area contributed by atoms with E-state index in [-0.39, 0.29) is 28.9 Å². The molecular weight excluding hydrogens is 258 g/mol. The molecule has 1 aromatic carbocycles. The first-order chi connectivity index (χ1) is 9.47. The monoisotopic (exact) mass is 279 g/mol. The van der Waals surface area contributed by atoms with Crippen LogP contribution in [0, 0.1) is 10.1 Å². The van der Waals surface area contributed by atoms with E-state index in [1.165, 1.54) is 18.2 Å². The Morgan fingerprint density at radius 2 is 2.15 bits per heavy atom. The van der Waals surface area contributed by atoms with Crippen molar-refractivity contribution in [2.45, 2.75) is 45.6 Å². The summed E-state index contributed by atoms with van der Waals surface area (Å²) in [6.07, 6.45) is 4.18. The number of nitrogen functional groups attached to an aromatic ring is 1. The molecule has 0 radical (unpaired) electrons. The van der Waals surface area contributed by atoms with Crippen LogP contribution in [0.25, 0.3) is 0 Å². The van der Waals surface area contributed by atoms with Crippen LogP contribution in [0.4, 0.5) is 11.4 Å². The molecule has 3 N–H and O–H groups in total. The van der Waals surface area contributed by atoms with Crippen LogP contribution in [-0.2, 0) is 0 Å². The van der Waals surface area contributed by atoms with E-state index >= 15 is 0 Å². The summed E-state index contributed by atoms with van der Waals surface area (Å²) in [5, 5.41) is 13.6. The molecule has 0 aliphatic heterocycles. The molecule has 0 spiro atoms. The molecule has 0 aliphatic carbocycles. The van der Waals surface area contributed by atoms with E-state index in [2.05, 4.69) is 12.2 Å². The van der Waals surface area contributed by atoms with Crippen LogP contribution >= 0.6 is 0 Å². The second-order valence-corrected chi connectivity index (χ2v) is 4.87. The summed E-state index contributed by atoms with van der Waals surface area (Å²) in [5.41, 5.74) is 5.51. The van der Waals surface area contributed by atoms with Crippen molar-refractivity contribution in [3.63, 3.8) is 0 Å². The molecule has 0 aromatic heterocycles. The summed E-state index contributed by atoms with van der Waals surface area (Å²) in [6, 6.07) is 4.27. The molecule has 6 nitrogen and oxygen atoms in total. The first-order valence-electron chi connectivity index (χ1n) is 6.81. The average Bonchev–Trinajstić information content (AvgIpc) is 2.38. The Hall–Kier alpha value is -2.11. The fourth-order valence-electron chi connectivity index (χ4n) is 1.98. The summed E-state index contributed by atoms with van der Waals surface area (Å²) in [6.45, 7) is 4.04. The molecule has 110 valence electrons. The maximum absolute atomic E-state index is 12.1. The molecule has 1 amide bonds. The van der Waals surface area contributed by atoms with E-state index in [1.54, 1.807) is 0 Å². The number of anilines is 1. The lowest BCUT2D eigenvalue weighted by molar-refractivity contribution is -0.383. The maximum atomic E-state index is 12.1. The molecule has 0 aliphatic rings. The molecule has 0 heterocycles. The van der Waals surface area contributed by atoms with Gasteiger partial charge >= 0.3 is 0 Å². The summed E-state index contributed by atoms with van der Waals surface area (Å²) in [7, 11) is 0. The van der Waals surface area contributed by atoms with Gasteiger partial charge in [-0.3, -0.25) is 14.9 Å². The molecule has 1 rings (SSSR count). The van der Waals surface area contributed by atoms with Crippen LogP contribution < -0.4 is 11.1 Å². The quantitative estimate of drug-likeness (QED) is 0.347. The summed E-state index contributed by atoms with van der Waals surface area (Å²) in [5.74, 6) is -0.366. The number of nitro groups is 1. The highest BCUT2D eigenvalue weighted by atomic mass is 16.6. The summed E-state index contributed by atoms with van der Waals surface area (Å²) >= 11 is 0.